The molecule has 0 unspecified atom stereocenters. The van der Waals surface area contributed by atoms with Crippen LogP contribution < -0.4 is 0 Å². The van der Waals surface area contributed by atoms with Crippen LogP contribution in [0.25, 0.3) is 0 Å². The fraction of sp³-hybridized carbons (Fsp3) is 1.00. The molecular formula is C4H9OPS3. The Morgan fingerprint density at radius 1 is 1.56 bits per heavy atom. The van der Waals surface area contributed by atoms with Gasteiger partial charge in [0.25, 0.3) is 4.75 Å². The molecule has 0 aliphatic heterocycles. The fourth-order valence-corrected chi connectivity index (χ4v) is 3.36. The van der Waals surface area contributed by atoms with E-state index in [9.17, 15) is 4.57 Å². The average molecular weight is 200 g/mol. The zero-order valence-corrected chi connectivity index (χ0v) is 8.55. The van der Waals surface area contributed by atoms with Gasteiger partial charge in [0, 0.05) is 30.3 Å². The Hall–Kier alpha value is 1.28. The predicted octanol–water partition coefficient (Wildman–Crippen LogP) is 4.02. The molecule has 2 radical (unpaired) electrons. The maximum atomic E-state index is 10.7. The van der Waals surface area contributed by atoms with Gasteiger partial charge in [-0.2, -0.15) is 0 Å². The summed E-state index contributed by atoms with van der Waals surface area (Å²) in [6, 6.07) is 0. The lowest BCUT2D eigenvalue weighted by Gasteiger charge is -1.98. The minimum Gasteiger partial charge on any atom is -0.287 e. The highest BCUT2D eigenvalue weighted by atomic mass is 33.4. The maximum absolute atomic E-state index is 10.7. The van der Waals surface area contributed by atoms with Crippen molar-refractivity contribution in [2.75, 3.05) is 5.75 Å². The zero-order valence-electron chi connectivity index (χ0n) is 5.20. The lowest BCUT2D eigenvalue weighted by molar-refractivity contribution is 0.601. The largest absolute Gasteiger partial charge is 0.287 e. The van der Waals surface area contributed by atoms with E-state index >= 15 is 0 Å². The number of hydrogen-bond acceptors (Lipinski definition) is 2. The molecule has 0 aliphatic rings. The van der Waals surface area contributed by atoms with Crippen molar-refractivity contribution >= 4 is 40.6 Å². The SMILES string of the molecule is CCCCSP(=O)([S])[S]. The summed E-state index contributed by atoms with van der Waals surface area (Å²) in [6.45, 7) is 2.08. The van der Waals surface area contributed by atoms with Crippen LogP contribution in [0.4, 0.5) is 0 Å². The van der Waals surface area contributed by atoms with Crippen molar-refractivity contribution in [1.82, 2.24) is 0 Å². The highest BCUT2D eigenvalue weighted by molar-refractivity contribution is 9.08. The summed E-state index contributed by atoms with van der Waals surface area (Å²) in [6.07, 6.45) is 2.17. The zero-order chi connectivity index (χ0) is 7.33. The highest BCUT2D eigenvalue weighted by Crippen LogP contribution is 2.66. The quantitative estimate of drug-likeness (QED) is 0.503. The first kappa shape index (κ1) is 10.3. The molecule has 0 spiro atoms. The lowest BCUT2D eigenvalue weighted by Crippen LogP contribution is -1.71. The van der Waals surface area contributed by atoms with Crippen LogP contribution in [-0.4, -0.2) is 5.75 Å². The van der Waals surface area contributed by atoms with Gasteiger partial charge in [-0.15, -0.1) is 0 Å². The van der Waals surface area contributed by atoms with Gasteiger partial charge >= 0.3 is 0 Å². The molecule has 9 heavy (non-hydrogen) atoms. The van der Waals surface area contributed by atoms with Crippen molar-refractivity contribution in [1.29, 1.82) is 0 Å². The molecule has 1 nitrogen and oxygen atoms in total. The van der Waals surface area contributed by atoms with Crippen molar-refractivity contribution in [3.63, 3.8) is 0 Å². The standard InChI is InChI=1S/C4H9OPS3/c1-2-3-4-9-6(5,7)8/h2-4H2,1H3. The first-order valence-corrected chi connectivity index (χ1v) is 8.05. The first-order valence-electron chi connectivity index (χ1n) is 2.73. The molecule has 0 heterocycles. The van der Waals surface area contributed by atoms with Crippen molar-refractivity contribution in [3.05, 3.63) is 0 Å². The molecule has 0 aromatic heterocycles. The third kappa shape index (κ3) is 9.28. The van der Waals surface area contributed by atoms with E-state index < -0.39 is 4.75 Å². The monoisotopic (exact) mass is 200 g/mol. The maximum Gasteiger partial charge on any atom is 0.265 e. The second-order valence-corrected chi connectivity index (χ2v) is 10.7. The van der Waals surface area contributed by atoms with Crippen LogP contribution in [0.2, 0.25) is 0 Å². The van der Waals surface area contributed by atoms with Crippen molar-refractivity contribution in [2.45, 2.75) is 19.8 Å². The molecule has 0 amide bonds. The Kier molecular flexibility index (Phi) is 5.71. The van der Waals surface area contributed by atoms with Gasteiger partial charge in [-0.1, -0.05) is 24.7 Å². The van der Waals surface area contributed by atoms with Crippen LogP contribution in [0.5, 0.6) is 0 Å². The lowest BCUT2D eigenvalue weighted by atomic mass is 10.4. The molecule has 0 N–H and O–H groups in total. The van der Waals surface area contributed by atoms with E-state index in [0.717, 1.165) is 18.6 Å². The second-order valence-electron chi connectivity index (χ2n) is 1.63. The van der Waals surface area contributed by atoms with Gasteiger partial charge in [-0.3, -0.25) is 4.57 Å². The number of rotatable bonds is 4. The summed E-state index contributed by atoms with van der Waals surface area (Å²) in [4.78, 5) is 0. The fourth-order valence-electron chi connectivity index (χ4n) is 0.321. The summed E-state index contributed by atoms with van der Waals surface area (Å²) in [5, 5.41) is 0. The minimum atomic E-state index is -2.61. The van der Waals surface area contributed by atoms with Crippen LogP contribution in [0.15, 0.2) is 0 Å². The van der Waals surface area contributed by atoms with Crippen LogP contribution in [-0.2, 0) is 4.57 Å². The first-order chi connectivity index (χ1) is 4.06. The molecular weight excluding hydrogens is 191 g/mol. The van der Waals surface area contributed by atoms with Crippen molar-refractivity contribution in [3.8, 4) is 0 Å². The third-order valence-electron chi connectivity index (χ3n) is 0.747. The van der Waals surface area contributed by atoms with Crippen molar-refractivity contribution < 1.29 is 4.57 Å². The van der Waals surface area contributed by atoms with E-state index in [1.165, 1.54) is 11.4 Å². The van der Waals surface area contributed by atoms with E-state index in [0.29, 0.717) is 0 Å². The normalized spacial score (nSPS) is 11.9. The molecule has 0 saturated heterocycles. The summed E-state index contributed by atoms with van der Waals surface area (Å²) >= 11 is 10.3. The Bertz CT molecular complexity index is 110. The average Bonchev–Trinajstić information content (AvgIpc) is 1.63. The Morgan fingerprint density at radius 2 is 2.11 bits per heavy atom. The highest BCUT2D eigenvalue weighted by Gasteiger charge is 2.10. The Morgan fingerprint density at radius 3 is 2.44 bits per heavy atom. The van der Waals surface area contributed by atoms with Crippen molar-refractivity contribution in [2.24, 2.45) is 0 Å². The van der Waals surface area contributed by atoms with E-state index in [2.05, 4.69) is 31.4 Å². The number of hydrogen-bond donors (Lipinski definition) is 0. The van der Waals surface area contributed by atoms with Gasteiger partial charge in [-0.05, 0) is 6.42 Å². The molecule has 5 heteroatoms. The smallest absolute Gasteiger partial charge is 0.265 e. The number of unbranched alkanes of at least 4 members (excludes halogenated alkanes) is 1. The molecule has 0 atom stereocenters. The van der Waals surface area contributed by atoms with Gasteiger partial charge in [0.15, 0.2) is 0 Å². The molecule has 0 aliphatic carbocycles. The van der Waals surface area contributed by atoms with Crippen LogP contribution in [0, 0.1) is 0 Å². The Balaban J connectivity index is 3.18. The summed E-state index contributed by atoms with van der Waals surface area (Å²) < 4.78 is 8.07. The topological polar surface area (TPSA) is 17.1 Å². The van der Waals surface area contributed by atoms with Gasteiger partial charge in [0.05, 0.1) is 0 Å². The van der Waals surface area contributed by atoms with E-state index in [4.69, 9.17) is 0 Å². The van der Waals surface area contributed by atoms with Gasteiger partial charge in [-0.25, -0.2) is 0 Å². The molecule has 0 fully saturated rings. The molecule has 0 saturated carbocycles. The van der Waals surface area contributed by atoms with Crippen LogP contribution in [0.1, 0.15) is 19.8 Å². The predicted molar refractivity (Wildman–Crippen MR) is 50.2 cm³/mol. The second kappa shape index (κ2) is 5.00. The summed E-state index contributed by atoms with van der Waals surface area (Å²) in [5.41, 5.74) is 0. The minimum absolute atomic E-state index is 0.848. The third-order valence-corrected chi connectivity index (χ3v) is 4.93. The van der Waals surface area contributed by atoms with Gasteiger partial charge in [0.2, 0.25) is 0 Å². The molecule has 0 bridgehead atoms. The molecule has 0 rings (SSSR count). The van der Waals surface area contributed by atoms with Gasteiger partial charge < -0.3 is 0 Å². The molecule has 54 valence electrons. The van der Waals surface area contributed by atoms with Crippen LogP contribution in [0.3, 0.4) is 0 Å². The van der Waals surface area contributed by atoms with E-state index in [-0.39, 0.29) is 0 Å². The Labute approximate surface area is 70.8 Å². The van der Waals surface area contributed by atoms with E-state index in [1.807, 2.05) is 0 Å². The summed E-state index contributed by atoms with van der Waals surface area (Å²) in [5.74, 6) is 0.848. The van der Waals surface area contributed by atoms with E-state index in [1.54, 1.807) is 0 Å². The molecule has 0 aromatic rings. The summed E-state index contributed by atoms with van der Waals surface area (Å²) in [7, 11) is 0. The van der Waals surface area contributed by atoms with Crippen LogP contribution >= 0.6 is 40.6 Å². The molecule has 0 aromatic carbocycles. The van der Waals surface area contributed by atoms with Gasteiger partial charge in [0.1, 0.15) is 0 Å².